The van der Waals surface area contributed by atoms with Crippen LogP contribution in [0.1, 0.15) is 133 Å². The van der Waals surface area contributed by atoms with Gasteiger partial charge in [0, 0.05) is 74.1 Å². The molecule has 0 spiro atoms. The molecule has 13 rings (SSSR count). The number of carbonyl (C=O) groups is 9. The average Bonchev–Trinajstić information content (AvgIpc) is 0.891. The number of likely N-dealkylation sites (tertiary alicyclic amines) is 1. The summed E-state index contributed by atoms with van der Waals surface area (Å²) in [7, 11) is -2.80. The molecule has 5 amide bonds. The number of anilines is 2. The van der Waals surface area contributed by atoms with E-state index in [2.05, 4.69) is 34.8 Å². The Kier molecular flexibility index (Phi) is 23.1. The van der Waals surface area contributed by atoms with Crippen molar-refractivity contribution in [2.45, 2.75) is 166 Å². The smallest absolute Gasteiger partial charge is 0.409 e. The lowest BCUT2D eigenvalue weighted by Crippen LogP contribution is -2.64. The number of pyridine rings is 1. The molecule has 4 saturated carbocycles. The zero-order valence-electron chi connectivity index (χ0n) is 60.1. The van der Waals surface area contributed by atoms with Crippen molar-refractivity contribution in [1.29, 1.82) is 0 Å². The third-order valence-electron chi connectivity index (χ3n) is 21.2. The van der Waals surface area contributed by atoms with E-state index in [0.29, 0.717) is 78.5 Å². The number of thiazole rings is 1. The number of aliphatic carboxylic acids is 2. The first-order chi connectivity index (χ1) is 51.3. The topological polar surface area (TPSA) is 445 Å². The predicted molar refractivity (Wildman–Crippen MR) is 386 cm³/mol. The number of aromatic nitrogens is 4. The minimum Gasteiger partial charge on any atom is -0.481 e. The second-order valence-corrected chi connectivity index (χ2v) is 32.7. The van der Waals surface area contributed by atoms with Crippen LogP contribution in [-0.2, 0) is 90.4 Å². The molecule has 4 aliphatic carbocycles. The van der Waals surface area contributed by atoms with Gasteiger partial charge in [0.25, 0.3) is 16.0 Å². The highest BCUT2D eigenvalue weighted by Gasteiger charge is 2.66. The summed E-state index contributed by atoms with van der Waals surface area (Å²) in [6.07, 6.45) is -1.25. The summed E-state index contributed by atoms with van der Waals surface area (Å²) in [5.41, 5.74) is 4.80. The van der Waals surface area contributed by atoms with Gasteiger partial charge in [0.2, 0.25) is 35.9 Å². The van der Waals surface area contributed by atoms with Crippen molar-refractivity contribution in [3.63, 3.8) is 0 Å². The maximum atomic E-state index is 13.9. The fourth-order valence-corrected chi connectivity index (χ4v) is 18.6. The minimum absolute atomic E-state index is 0.0395. The normalized spacial score (nSPS) is 25.0. The number of amides is 5. The second-order valence-electron chi connectivity index (χ2n) is 30.1. The van der Waals surface area contributed by atoms with Crippen molar-refractivity contribution in [3.05, 3.63) is 118 Å². The Morgan fingerprint density at radius 3 is 2.36 bits per heavy atom. The van der Waals surface area contributed by atoms with E-state index < -0.39 is 138 Å². The van der Waals surface area contributed by atoms with Gasteiger partial charge in [0.05, 0.1) is 66.6 Å². The summed E-state index contributed by atoms with van der Waals surface area (Å²) in [4.78, 5) is 130. The number of carboxylic acid groups (broad SMARTS) is 3. The number of unbranched alkanes of at least 4 members (excludes halogenated alkanes) is 1. The molecule has 8 atom stereocenters. The van der Waals surface area contributed by atoms with Gasteiger partial charge in [-0.3, -0.25) is 43.3 Å². The molecular weight excluding hydrogens is 1440 g/mol. The molecular formula is C74H88N10O22S2. The lowest BCUT2D eigenvalue weighted by molar-refractivity contribution is -0.248. The highest BCUT2D eigenvalue weighted by atomic mass is 32.2. The number of fused-ring (bicyclic) bond motifs is 2. The molecule has 7 aliphatic rings. The molecule has 6 aromatic rings. The number of aromatic carboxylic acids is 1. The zero-order chi connectivity index (χ0) is 77.2. The monoisotopic (exact) mass is 1530 g/mol. The van der Waals surface area contributed by atoms with Crippen LogP contribution in [0.5, 0.6) is 5.75 Å². The number of nitrogens with one attached hydrogen (secondary N) is 3. The first-order valence-corrected chi connectivity index (χ1v) is 38.2. The highest BCUT2D eigenvalue weighted by molar-refractivity contribution is 7.85. The van der Waals surface area contributed by atoms with Gasteiger partial charge in [-0.25, -0.2) is 24.4 Å². The van der Waals surface area contributed by atoms with Crippen LogP contribution in [0, 0.1) is 23.2 Å². The first-order valence-electron chi connectivity index (χ1n) is 35.8. The van der Waals surface area contributed by atoms with E-state index in [1.54, 1.807) is 37.5 Å². The number of likely N-dealkylation sites (N-methyl/N-ethyl adjacent to an activating group) is 1. The summed E-state index contributed by atoms with van der Waals surface area (Å²) in [6, 6.07) is 19.8. The van der Waals surface area contributed by atoms with Crippen LogP contribution in [0.15, 0.2) is 79.0 Å². The van der Waals surface area contributed by atoms with Crippen molar-refractivity contribution in [2.75, 3.05) is 69.0 Å². The van der Waals surface area contributed by atoms with Crippen LogP contribution < -0.4 is 25.6 Å². The van der Waals surface area contributed by atoms with Gasteiger partial charge < -0.3 is 74.6 Å². The third-order valence-corrected chi connectivity index (χ3v) is 22.9. The lowest BCUT2D eigenvalue weighted by atomic mass is 9.39. The van der Waals surface area contributed by atoms with Gasteiger partial charge in [-0.15, -0.1) is 0 Å². The Morgan fingerprint density at radius 2 is 1.63 bits per heavy atom. The molecule has 0 radical (unpaired) electrons. The number of aryl methyl sites for hydroxylation is 1. The quantitative estimate of drug-likeness (QED) is 0.0142. The third kappa shape index (κ3) is 17.9. The van der Waals surface area contributed by atoms with E-state index in [1.165, 1.54) is 22.3 Å². The number of carboxylic acids is 3. The van der Waals surface area contributed by atoms with Gasteiger partial charge in [-0.2, -0.15) is 13.5 Å². The molecule has 9 N–H and O–H groups in total. The predicted octanol–water partition coefficient (Wildman–Crippen LogP) is 5.55. The Morgan fingerprint density at radius 1 is 0.861 bits per heavy atom. The number of ketones is 1. The number of hydrogen-bond acceptors (Lipinski definition) is 23. The second kappa shape index (κ2) is 31.9. The van der Waals surface area contributed by atoms with Gasteiger partial charge in [-0.05, 0) is 147 Å². The number of Topliss-reactive ketones (excluding diaryl/α,β-unsaturated/α-hetero) is 1. The standard InChI is InChI=1S/C74H88N10O22S2/c1-42-49(47-17-18-55(79-59(47)66(94)95)82-23-21-44-11-9-12-48(50(44)31-82)64(92)80-69-78-51-13-5-6-14-54(51)107-69)30-76-84(42)41-73-36-71(2)35-72(3,37-73)39-74(38-71,40-73)104-25-24-81(4)70(98)103-33-45-16-15-43(28-53(45)105-68-62(91)60(89)61(90)63(106-68)67(96)97)10-7-8-22-75-57(86)32-83-46(34-102-26-27-108(99,100)101)29-52(65(83)93)77-56(85)19-20-58(87)88/h5-6,9,11-18,28,30,46,52,60,62-63,68,89,91H,7-8,10,19-27,29,31-41H2,1-4H3,(H,75,86)(H,77,85)(H,87,88)(H,94,95)(H,96,97)(H,78,80,92)(H,99,100,101)/t46-,52-,60-,62+,63-,68+,71?,72?,73?,74?/m0/s1. The number of aliphatic hydroxyl groups excluding tert-OH is 2. The molecule has 2 unspecified atom stereocenters. The van der Waals surface area contributed by atoms with E-state index in [0.717, 1.165) is 70.5 Å². The molecule has 3 aromatic heterocycles. The summed E-state index contributed by atoms with van der Waals surface area (Å²) < 4.78 is 64.1. The van der Waals surface area contributed by atoms with Gasteiger partial charge >= 0.3 is 24.0 Å². The van der Waals surface area contributed by atoms with E-state index in [1.807, 2.05) is 59.0 Å². The number of nitrogens with zero attached hydrogens (tertiary/aromatic N) is 7. The van der Waals surface area contributed by atoms with Crippen molar-refractivity contribution >= 4 is 96.0 Å². The van der Waals surface area contributed by atoms with Gasteiger partial charge in [0.15, 0.2) is 10.8 Å². The number of benzene rings is 3. The minimum atomic E-state index is -4.36. The Labute approximate surface area is 625 Å². The summed E-state index contributed by atoms with van der Waals surface area (Å²) >= 11 is 1.40. The van der Waals surface area contributed by atoms with E-state index in [4.69, 9.17) is 43.4 Å². The van der Waals surface area contributed by atoms with E-state index >= 15 is 0 Å². The van der Waals surface area contributed by atoms with Crippen LogP contribution in [0.4, 0.5) is 15.7 Å². The number of hydrogen-bond donors (Lipinski definition) is 9. The number of para-hydroxylation sites is 1. The Balaban J connectivity index is 0.659. The molecule has 578 valence electrons. The van der Waals surface area contributed by atoms with Gasteiger partial charge in [-0.1, -0.05) is 61.6 Å². The summed E-state index contributed by atoms with van der Waals surface area (Å²) in [6.45, 7) is 6.88. The van der Waals surface area contributed by atoms with E-state index in [-0.39, 0.29) is 71.9 Å². The molecule has 6 heterocycles. The van der Waals surface area contributed by atoms with Crippen molar-refractivity contribution in [1.82, 2.24) is 40.2 Å². The van der Waals surface area contributed by atoms with Gasteiger partial charge in [0.1, 0.15) is 36.4 Å². The van der Waals surface area contributed by atoms with Crippen molar-refractivity contribution in [2.24, 2.45) is 16.2 Å². The van der Waals surface area contributed by atoms with E-state index in [9.17, 15) is 72.0 Å². The molecule has 3 aromatic carbocycles. The lowest BCUT2D eigenvalue weighted by Gasteiger charge is -2.69. The SMILES string of the molecule is Cc1c(-c2ccc(N3CCc4cccc(C(=O)Nc5nc6ccccc6s5)c4C3)nc2C(=O)O)cnn1CC12CC3(C)CC(C)(C1)CC(OCCN(C)C(=O)OCc1ccc(CCCCNC(=O)CN4C(=O)[C@@H](NC(=O)CCC(=O)O)C[C@H]4COCCS(=O)(=O)O)cc1O[C@@H]1O[C@H](C(=O)O)C(=O)[C@H](O)[C@H]1O)(C3)C2. The Bertz CT molecular complexity index is 4550. The Hall–Kier alpha value is -9.55. The van der Waals surface area contributed by atoms with Crippen LogP contribution in [-0.4, -0.2) is 223 Å². The summed E-state index contributed by atoms with van der Waals surface area (Å²) in [5, 5.41) is 64.6. The maximum Gasteiger partial charge on any atom is 0.409 e. The highest BCUT2D eigenvalue weighted by Crippen LogP contribution is 2.72. The number of carbonyl (C=O) groups excluding carboxylic acids is 6. The van der Waals surface area contributed by atoms with Crippen LogP contribution >= 0.6 is 11.3 Å². The van der Waals surface area contributed by atoms with Crippen LogP contribution in [0.25, 0.3) is 21.3 Å². The molecule has 108 heavy (non-hydrogen) atoms. The molecule has 2 saturated heterocycles. The zero-order valence-corrected chi connectivity index (χ0v) is 61.7. The summed E-state index contributed by atoms with van der Waals surface area (Å²) in [5.74, 6) is -7.97. The largest absolute Gasteiger partial charge is 0.481 e. The molecule has 4 bridgehead atoms. The molecule has 6 fully saturated rings. The first kappa shape index (κ1) is 78.0. The fourth-order valence-electron chi connectivity index (χ4n) is 17.4. The number of rotatable bonds is 32. The van der Waals surface area contributed by atoms with Crippen LogP contribution in [0.2, 0.25) is 0 Å². The fraction of sp³-hybridized carbons (Fsp3) is 0.514. The molecule has 34 heteroatoms. The number of ether oxygens (including phenoxy) is 5. The van der Waals surface area contributed by atoms with Crippen LogP contribution in [0.3, 0.4) is 0 Å². The molecule has 3 aliphatic heterocycles. The van der Waals surface area contributed by atoms with Crippen molar-refractivity contribution in [3.8, 4) is 16.9 Å². The number of aliphatic hydroxyl groups is 2. The van der Waals surface area contributed by atoms with Crippen molar-refractivity contribution < 1.29 is 105 Å². The maximum absolute atomic E-state index is 13.9. The average molecular weight is 1530 g/mol. The molecule has 32 nitrogen and oxygen atoms in total.